The van der Waals surface area contributed by atoms with Gasteiger partial charge >= 0.3 is 0 Å². The SMILES string of the molecule is Cc1ccccc1CN(Cc1ccccn1)C(=O)Cc1cnn(C)c1. The van der Waals surface area contributed by atoms with E-state index in [9.17, 15) is 4.79 Å². The average Bonchev–Trinajstić information content (AvgIpc) is 3.02. The lowest BCUT2D eigenvalue weighted by atomic mass is 10.1. The summed E-state index contributed by atoms with van der Waals surface area (Å²) < 4.78 is 1.72. The van der Waals surface area contributed by atoms with Gasteiger partial charge in [0.1, 0.15) is 0 Å². The van der Waals surface area contributed by atoms with Crippen LogP contribution in [-0.2, 0) is 31.4 Å². The van der Waals surface area contributed by atoms with Crippen molar-refractivity contribution in [1.29, 1.82) is 0 Å². The highest BCUT2D eigenvalue weighted by Crippen LogP contribution is 2.14. The quantitative estimate of drug-likeness (QED) is 0.696. The van der Waals surface area contributed by atoms with Crippen LogP contribution in [0.25, 0.3) is 0 Å². The van der Waals surface area contributed by atoms with Gasteiger partial charge in [0.15, 0.2) is 0 Å². The fourth-order valence-electron chi connectivity index (χ4n) is 2.76. The molecule has 1 amide bonds. The van der Waals surface area contributed by atoms with Crippen LogP contribution in [0.15, 0.2) is 61.1 Å². The Hall–Kier alpha value is -2.95. The number of pyridine rings is 1. The summed E-state index contributed by atoms with van der Waals surface area (Å²) in [5.74, 6) is 0.0712. The van der Waals surface area contributed by atoms with E-state index in [1.165, 1.54) is 5.56 Å². The number of hydrogen-bond acceptors (Lipinski definition) is 3. The average molecular weight is 334 g/mol. The highest BCUT2D eigenvalue weighted by atomic mass is 16.2. The van der Waals surface area contributed by atoms with Crippen LogP contribution in [0, 0.1) is 6.92 Å². The van der Waals surface area contributed by atoms with Crippen molar-refractivity contribution < 1.29 is 4.79 Å². The minimum atomic E-state index is 0.0712. The molecule has 0 radical (unpaired) electrons. The smallest absolute Gasteiger partial charge is 0.227 e. The van der Waals surface area contributed by atoms with Crippen molar-refractivity contribution in [3.8, 4) is 0 Å². The van der Waals surface area contributed by atoms with Crippen molar-refractivity contribution in [2.24, 2.45) is 7.05 Å². The molecule has 5 nitrogen and oxygen atoms in total. The molecule has 0 aliphatic rings. The predicted molar refractivity (Wildman–Crippen MR) is 96.6 cm³/mol. The molecule has 0 N–H and O–H groups in total. The van der Waals surface area contributed by atoms with Gasteiger partial charge < -0.3 is 4.90 Å². The molecule has 1 aromatic carbocycles. The summed E-state index contributed by atoms with van der Waals surface area (Å²) in [4.78, 5) is 19.1. The Morgan fingerprint density at radius 1 is 1.12 bits per heavy atom. The molecule has 5 heteroatoms. The summed E-state index contributed by atoms with van der Waals surface area (Å²) in [7, 11) is 1.85. The van der Waals surface area contributed by atoms with Gasteiger partial charge in [0.2, 0.25) is 5.91 Å². The molecule has 0 unspecified atom stereocenters. The molecule has 0 aliphatic heterocycles. The molecular weight excluding hydrogens is 312 g/mol. The van der Waals surface area contributed by atoms with Crippen molar-refractivity contribution in [2.45, 2.75) is 26.4 Å². The zero-order chi connectivity index (χ0) is 17.6. The number of nitrogens with zero attached hydrogens (tertiary/aromatic N) is 4. The fraction of sp³-hybridized carbons (Fsp3) is 0.250. The summed E-state index contributed by atoms with van der Waals surface area (Å²) in [5, 5.41) is 4.14. The van der Waals surface area contributed by atoms with E-state index < -0.39 is 0 Å². The standard InChI is InChI=1S/C20H22N4O/c1-16-7-3-4-8-18(16)14-24(15-19-9-5-6-10-21-19)20(25)11-17-12-22-23(2)13-17/h3-10,12-13H,11,14-15H2,1-2H3. The van der Waals surface area contributed by atoms with Crippen LogP contribution in [0.5, 0.6) is 0 Å². The van der Waals surface area contributed by atoms with Crippen molar-refractivity contribution in [1.82, 2.24) is 19.7 Å². The van der Waals surface area contributed by atoms with Crippen LogP contribution in [0.4, 0.5) is 0 Å². The number of benzene rings is 1. The Bertz CT molecular complexity index is 842. The van der Waals surface area contributed by atoms with Crippen LogP contribution in [-0.4, -0.2) is 25.6 Å². The summed E-state index contributed by atoms with van der Waals surface area (Å²) >= 11 is 0. The first kappa shape index (κ1) is 16.9. The molecule has 3 aromatic rings. The maximum atomic E-state index is 12.9. The van der Waals surface area contributed by atoms with Gasteiger partial charge in [-0.05, 0) is 35.7 Å². The van der Waals surface area contributed by atoms with Crippen LogP contribution in [0.3, 0.4) is 0 Å². The third-order valence-corrected chi connectivity index (χ3v) is 4.17. The fourth-order valence-corrected chi connectivity index (χ4v) is 2.76. The molecule has 2 heterocycles. The highest BCUT2D eigenvalue weighted by molar-refractivity contribution is 5.78. The molecular formula is C20H22N4O. The Labute approximate surface area is 147 Å². The molecule has 25 heavy (non-hydrogen) atoms. The summed E-state index contributed by atoms with van der Waals surface area (Å²) in [6.45, 7) is 3.14. The monoisotopic (exact) mass is 334 g/mol. The van der Waals surface area contributed by atoms with Crippen LogP contribution >= 0.6 is 0 Å². The van der Waals surface area contributed by atoms with Gasteiger partial charge in [-0.15, -0.1) is 0 Å². The van der Waals surface area contributed by atoms with Crippen LogP contribution in [0.1, 0.15) is 22.4 Å². The largest absolute Gasteiger partial charge is 0.332 e. The van der Waals surface area contributed by atoms with Gasteiger partial charge in [0, 0.05) is 26.0 Å². The van der Waals surface area contributed by atoms with Crippen molar-refractivity contribution in [3.05, 3.63) is 83.4 Å². The molecule has 0 aliphatic carbocycles. The van der Waals surface area contributed by atoms with E-state index in [0.717, 1.165) is 16.8 Å². The predicted octanol–water partition coefficient (Wildman–Crippen LogP) is 2.90. The highest BCUT2D eigenvalue weighted by Gasteiger charge is 2.17. The maximum Gasteiger partial charge on any atom is 0.227 e. The molecule has 0 spiro atoms. The van der Waals surface area contributed by atoms with Gasteiger partial charge in [-0.3, -0.25) is 14.5 Å². The van der Waals surface area contributed by atoms with Gasteiger partial charge in [-0.25, -0.2) is 0 Å². The molecule has 128 valence electrons. The molecule has 0 atom stereocenters. The summed E-state index contributed by atoms with van der Waals surface area (Å²) in [5.41, 5.74) is 4.14. The molecule has 2 aromatic heterocycles. The van der Waals surface area contributed by atoms with E-state index in [2.05, 4.69) is 29.1 Å². The lowest BCUT2D eigenvalue weighted by Crippen LogP contribution is -2.32. The number of amides is 1. The molecule has 0 bridgehead atoms. The van der Waals surface area contributed by atoms with Crippen molar-refractivity contribution >= 4 is 5.91 Å². The molecule has 0 saturated carbocycles. The number of carbonyl (C=O) groups is 1. The molecule has 0 saturated heterocycles. The second-order valence-electron chi connectivity index (χ2n) is 6.20. The van der Waals surface area contributed by atoms with Crippen molar-refractivity contribution in [3.63, 3.8) is 0 Å². The minimum absolute atomic E-state index is 0.0712. The van der Waals surface area contributed by atoms with Crippen LogP contribution < -0.4 is 0 Å². The molecule has 3 rings (SSSR count). The second kappa shape index (κ2) is 7.75. The lowest BCUT2D eigenvalue weighted by Gasteiger charge is -2.23. The van der Waals surface area contributed by atoms with E-state index >= 15 is 0 Å². The number of aryl methyl sites for hydroxylation is 2. The van der Waals surface area contributed by atoms with E-state index in [1.54, 1.807) is 17.1 Å². The van der Waals surface area contributed by atoms with E-state index in [1.807, 2.05) is 48.5 Å². The Balaban J connectivity index is 1.80. The van der Waals surface area contributed by atoms with Gasteiger partial charge in [0.25, 0.3) is 0 Å². The Kier molecular flexibility index (Phi) is 5.23. The van der Waals surface area contributed by atoms with E-state index in [0.29, 0.717) is 19.5 Å². The molecule has 0 fully saturated rings. The minimum Gasteiger partial charge on any atom is -0.332 e. The maximum absolute atomic E-state index is 12.9. The first-order chi connectivity index (χ1) is 12.1. The third-order valence-electron chi connectivity index (χ3n) is 4.17. The zero-order valence-electron chi connectivity index (χ0n) is 14.6. The Morgan fingerprint density at radius 3 is 2.60 bits per heavy atom. The van der Waals surface area contributed by atoms with Crippen LogP contribution in [0.2, 0.25) is 0 Å². The third kappa shape index (κ3) is 4.53. The second-order valence-corrected chi connectivity index (χ2v) is 6.20. The van der Waals surface area contributed by atoms with Gasteiger partial charge in [-0.2, -0.15) is 5.10 Å². The normalized spacial score (nSPS) is 10.6. The zero-order valence-corrected chi connectivity index (χ0v) is 14.6. The first-order valence-corrected chi connectivity index (χ1v) is 8.31. The van der Waals surface area contributed by atoms with Gasteiger partial charge in [-0.1, -0.05) is 30.3 Å². The number of hydrogen-bond donors (Lipinski definition) is 0. The number of aromatic nitrogens is 3. The number of carbonyl (C=O) groups excluding carboxylic acids is 1. The van der Waals surface area contributed by atoms with E-state index in [4.69, 9.17) is 0 Å². The Morgan fingerprint density at radius 2 is 1.92 bits per heavy atom. The number of rotatable bonds is 6. The first-order valence-electron chi connectivity index (χ1n) is 8.31. The van der Waals surface area contributed by atoms with Crippen molar-refractivity contribution in [2.75, 3.05) is 0 Å². The lowest BCUT2D eigenvalue weighted by molar-refractivity contribution is -0.131. The summed E-state index contributed by atoms with van der Waals surface area (Å²) in [6.07, 6.45) is 5.72. The van der Waals surface area contributed by atoms with Gasteiger partial charge in [0.05, 0.1) is 24.9 Å². The van der Waals surface area contributed by atoms with E-state index in [-0.39, 0.29) is 5.91 Å². The topological polar surface area (TPSA) is 51.0 Å². The summed E-state index contributed by atoms with van der Waals surface area (Å²) in [6, 6.07) is 13.9.